The predicted molar refractivity (Wildman–Crippen MR) is 117 cm³/mol. The second-order valence-corrected chi connectivity index (χ2v) is 6.86. The van der Waals surface area contributed by atoms with Crippen LogP contribution in [0.4, 0.5) is 0 Å². The van der Waals surface area contributed by atoms with Crippen LogP contribution in [0.2, 0.25) is 0 Å². The Kier molecular flexibility index (Phi) is 8.49. The van der Waals surface area contributed by atoms with E-state index in [4.69, 9.17) is 9.73 Å². The van der Waals surface area contributed by atoms with Crippen LogP contribution < -0.4 is 10.6 Å². The Morgan fingerprint density at radius 3 is 2.89 bits per heavy atom. The first-order valence-corrected chi connectivity index (χ1v) is 9.23. The van der Waals surface area contributed by atoms with Gasteiger partial charge in [0.25, 0.3) is 0 Å². The lowest BCUT2D eigenvalue weighted by Gasteiger charge is -2.24. The summed E-state index contributed by atoms with van der Waals surface area (Å²) in [5, 5.41) is 10.9. The number of halogens is 1. The molecule has 0 aliphatic carbocycles. The molecule has 148 valence electrons. The zero-order valence-corrected chi connectivity index (χ0v) is 18.3. The van der Waals surface area contributed by atoms with E-state index in [-0.39, 0.29) is 29.6 Å². The fourth-order valence-corrected chi connectivity index (χ4v) is 3.09. The highest BCUT2D eigenvalue weighted by atomic mass is 127. The van der Waals surface area contributed by atoms with Crippen molar-refractivity contribution in [2.45, 2.75) is 45.4 Å². The van der Waals surface area contributed by atoms with Crippen LogP contribution in [0.3, 0.4) is 0 Å². The van der Waals surface area contributed by atoms with Gasteiger partial charge in [-0.1, -0.05) is 24.3 Å². The molecule has 1 aliphatic heterocycles. The van der Waals surface area contributed by atoms with Crippen molar-refractivity contribution in [3.8, 4) is 0 Å². The Balaban J connectivity index is 0.00000261. The lowest BCUT2D eigenvalue weighted by atomic mass is 10.0. The average molecular weight is 484 g/mol. The molecule has 8 heteroatoms. The molecule has 2 heterocycles. The summed E-state index contributed by atoms with van der Waals surface area (Å²) < 4.78 is 7.65. The van der Waals surface area contributed by atoms with Crippen LogP contribution in [0.15, 0.2) is 41.9 Å². The summed E-state index contributed by atoms with van der Waals surface area (Å²) in [5.41, 5.74) is 2.27. The number of rotatable bonds is 7. The largest absolute Gasteiger partial charge is 0.373 e. The first kappa shape index (κ1) is 21.6. The molecule has 27 heavy (non-hydrogen) atoms. The van der Waals surface area contributed by atoms with Crippen molar-refractivity contribution >= 4 is 29.9 Å². The van der Waals surface area contributed by atoms with Gasteiger partial charge in [0.05, 0.1) is 18.7 Å². The third-order valence-electron chi connectivity index (χ3n) is 4.50. The van der Waals surface area contributed by atoms with Gasteiger partial charge in [0.2, 0.25) is 0 Å². The maximum Gasteiger partial charge on any atom is 0.191 e. The van der Waals surface area contributed by atoms with E-state index in [1.54, 1.807) is 12.7 Å². The van der Waals surface area contributed by atoms with Gasteiger partial charge >= 0.3 is 0 Å². The number of nitrogens with zero attached hydrogens (tertiary/aromatic N) is 4. The number of guanidine groups is 1. The van der Waals surface area contributed by atoms with Gasteiger partial charge in [-0.05, 0) is 37.8 Å². The Bertz CT molecular complexity index is 713. The number of aromatic nitrogens is 3. The van der Waals surface area contributed by atoms with Gasteiger partial charge in [-0.3, -0.25) is 0 Å². The number of aliphatic imine (C=N–C) groups is 1. The zero-order valence-electron chi connectivity index (χ0n) is 16.0. The summed E-state index contributed by atoms with van der Waals surface area (Å²) in [6.07, 6.45) is 5.49. The first-order valence-electron chi connectivity index (χ1n) is 9.23. The normalized spacial score (nSPS) is 19.6. The molecule has 1 fully saturated rings. The molecule has 0 amide bonds. The monoisotopic (exact) mass is 484 g/mol. The number of benzene rings is 1. The number of nitrogens with one attached hydrogen (secondary N) is 2. The van der Waals surface area contributed by atoms with E-state index >= 15 is 0 Å². The molecule has 0 bridgehead atoms. The summed E-state index contributed by atoms with van der Waals surface area (Å²) in [6, 6.07) is 8.41. The van der Waals surface area contributed by atoms with E-state index in [2.05, 4.69) is 58.8 Å². The van der Waals surface area contributed by atoms with Crippen LogP contribution in [-0.2, 0) is 17.8 Å². The molecule has 1 aromatic heterocycles. The van der Waals surface area contributed by atoms with Gasteiger partial charge in [-0.25, -0.2) is 14.7 Å². The average Bonchev–Trinajstić information content (AvgIpc) is 3.30. The quantitative estimate of drug-likeness (QED) is 0.359. The molecule has 0 radical (unpaired) electrons. The van der Waals surface area contributed by atoms with Gasteiger partial charge in [0.15, 0.2) is 5.96 Å². The van der Waals surface area contributed by atoms with Crippen LogP contribution in [0.5, 0.6) is 0 Å². The zero-order chi connectivity index (χ0) is 18.2. The van der Waals surface area contributed by atoms with Crippen molar-refractivity contribution in [1.29, 1.82) is 0 Å². The molecule has 0 spiro atoms. The SMILES string of the molecule is CCNC(=NCc1cccc(Cn2cncn2)c1)NCC1(C)CCCO1.I. The molecule has 0 saturated carbocycles. The minimum Gasteiger partial charge on any atom is -0.373 e. The highest BCUT2D eigenvalue weighted by molar-refractivity contribution is 14.0. The summed E-state index contributed by atoms with van der Waals surface area (Å²) in [7, 11) is 0. The number of hydrogen-bond donors (Lipinski definition) is 2. The molecule has 3 rings (SSSR count). The van der Waals surface area contributed by atoms with Crippen LogP contribution in [-0.4, -0.2) is 46.0 Å². The molecule has 2 N–H and O–H groups in total. The van der Waals surface area contributed by atoms with Crippen molar-refractivity contribution in [2.24, 2.45) is 4.99 Å². The summed E-state index contributed by atoms with van der Waals surface area (Å²) in [6.45, 7) is 8.02. The second kappa shape index (κ2) is 10.6. The highest BCUT2D eigenvalue weighted by Gasteiger charge is 2.29. The highest BCUT2D eigenvalue weighted by Crippen LogP contribution is 2.23. The Labute approximate surface area is 178 Å². The third kappa shape index (κ3) is 6.76. The molecule has 2 aromatic rings. The molecule has 1 atom stereocenters. The summed E-state index contributed by atoms with van der Waals surface area (Å²) in [4.78, 5) is 8.70. The fraction of sp³-hybridized carbons (Fsp3) is 0.526. The van der Waals surface area contributed by atoms with E-state index in [0.29, 0.717) is 13.1 Å². The molecule has 1 aromatic carbocycles. The van der Waals surface area contributed by atoms with Crippen molar-refractivity contribution in [2.75, 3.05) is 19.7 Å². The van der Waals surface area contributed by atoms with Gasteiger partial charge < -0.3 is 15.4 Å². The lowest BCUT2D eigenvalue weighted by molar-refractivity contribution is 0.0243. The molecule has 1 saturated heterocycles. The lowest BCUT2D eigenvalue weighted by Crippen LogP contribution is -2.45. The van der Waals surface area contributed by atoms with Crippen LogP contribution in [0.25, 0.3) is 0 Å². The Morgan fingerprint density at radius 1 is 1.33 bits per heavy atom. The third-order valence-corrected chi connectivity index (χ3v) is 4.50. The van der Waals surface area contributed by atoms with Crippen molar-refractivity contribution in [1.82, 2.24) is 25.4 Å². The molecular weight excluding hydrogens is 455 g/mol. The van der Waals surface area contributed by atoms with Crippen LogP contribution in [0.1, 0.15) is 37.8 Å². The van der Waals surface area contributed by atoms with E-state index in [1.807, 2.05) is 4.68 Å². The van der Waals surface area contributed by atoms with Crippen molar-refractivity contribution in [3.05, 3.63) is 48.0 Å². The fourth-order valence-electron chi connectivity index (χ4n) is 3.09. The molecule has 1 aliphatic rings. The number of hydrogen-bond acceptors (Lipinski definition) is 4. The van der Waals surface area contributed by atoms with E-state index in [9.17, 15) is 0 Å². The van der Waals surface area contributed by atoms with Gasteiger partial charge in [-0.15, -0.1) is 24.0 Å². The molecule has 1 unspecified atom stereocenters. The molecule has 7 nitrogen and oxygen atoms in total. The Morgan fingerprint density at radius 2 is 2.19 bits per heavy atom. The Hall–Kier alpha value is -1.68. The van der Waals surface area contributed by atoms with E-state index in [0.717, 1.165) is 38.5 Å². The van der Waals surface area contributed by atoms with E-state index < -0.39 is 0 Å². The number of ether oxygens (including phenoxy) is 1. The van der Waals surface area contributed by atoms with Gasteiger partial charge in [0.1, 0.15) is 12.7 Å². The topological polar surface area (TPSA) is 76.4 Å². The smallest absolute Gasteiger partial charge is 0.191 e. The standard InChI is InChI=1S/C19H28N6O.HI/c1-3-21-18(23-13-19(2)8-5-9-26-19)22-11-16-6-4-7-17(10-16)12-25-15-20-14-24-25;/h4,6-7,10,14-15H,3,5,8-9,11-13H2,1-2H3,(H2,21,22,23);1H. The predicted octanol–water partition coefficient (Wildman–Crippen LogP) is 2.57. The maximum atomic E-state index is 5.84. The van der Waals surface area contributed by atoms with Crippen LogP contribution in [0, 0.1) is 0 Å². The summed E-state index contributed by atoms with van der Waals surface area (Å²) in [5.74, 6) is 0.825. The van der Waals surface area contributed by atoms with Gasteiger partial charge in [0, 0.05) is 19.7 Å². The maximum absolute atomic E-state index is 5.84. The van der Waals surface area contributed by atoms with Crippen molar-refractivity contribution < 1.29 is 4.74 Å². The first-order chi connectivity index (χ1) is 12.7. The minimum absolute atomic E-state index is 0. The molecular formula is C19H29IN6O. The van der Waals surface area contributed by atoms with Crippen LogP contribution >= 0.6 is 24.0 Å². The second-order valence-electron chi connectivity index (χ2n) is 6.86. The van der Waals surface area contributed by atoms with E-state index in [1.165, 1.54) is 11.1 Å². The minimum atomic E-state index is -0.0894. The summed E-state index contributed by atoms with van der Waals surface area (Å²) >= 11 is 0. The van der Waals surface area contributed by atoms with Crippen molar-refractivity contribution in [3.63, 3.8) is 0 Å². The van der Waals surface area contributed by atoms with Gasteiger partial charge in [-0.2, -0.15) is 5.10 Å².